The molecule has 0 radical (unpaired) electrons. The van der Waals surface area contributed by atoms with E-state index in [4.69, 9.17) is 0 Å². The molecule has 114 valence electrons. The summed E-state index contributed by atoms with van der Waals surface area (Å²) in [6.07, 6.45) is 4.41. The van der Waals surface area contributed by atoms with Gasteiger partial charge in [0.15, 0.2) is 5.03 Å². The molecule has 1 fully saturated rings. The quantitative estimate of drug-likeness (QED) is 0.780. The van der Waals surface area contributed by atoms with E-state index in [2.05, 4.69) is 22.4 Å². The second kappa shape index (κ2) is 5.83. The van der Waals surface area contributed by atoms with E-state index in [-0.39, 0.29) is 10.6 Å². The molecule has 1 aliphatic rings. The number of hydrogen-bond donors (Lipinski definition) is 2. The fraction of sp³-hybridized carbons (Fsp3) is 0.769. The van der Waals surface area contributed by atoms with Crippen LogP contribution in [-0.2, 0) is 16.6 Å². The smallest absolute Gasteiger partial charge is 0.260 e. The lowest BCUT2D eigenvalue weighted by atomic mass is 10.0. The molecule has 20 heavy (non-hydrogen) atoms. The van der Waals surface area contributed by atoms with Gasteiger partial charge in [0.05, 0.1) is 6.20 Å². The van der Waals surface area contributed by atoms with Crippen LogP contribution in [0.15, 0.2) is 11.2 Å². The van der Waals surface area contributed by atoms with E-state index in [0.717, 1.165) is 25.8 Å². The number of aromatic amines is 1. The van der Waals surface area contributed by atoms with Crippen LogP contribution in [0.4, 0.5) is 0 Å². The van der Waals surface area contributed by atoms with Gasteiger partial charge in [0.2, 0.25) is 0 Å². The van der Waals surface area contributed by atoms with Gasteiger partial charge in [-0.2, -0.15) is 9.40 Å². The first-order valence-corrected chi connectivity index (χ1v) is 8.59. The van der Waals surface area contributed by atoms with Gasteiger partial charge in [0.1, 0.15) is 0 Å². The zero-order valence-corrected chi connectivity index (χ0v) is 13.3. The highest BCUT2D eigenvalue weighted by atomic mass is 32.2. The van der Waals surface area contributed by atoms with E-state index in [9.17, 15) is 8.42 Å². The number of nitrogens with one attached hydrogen (secondary N) is 2. The summed E-state index contributed by atoms with van der Waals surface area (Å²) >= 11 is 0. The molecular weight excluding hydrogens is 276 g/mol. The fourth-order valence-electron chi connectivity index (χ4n) is 2.69. The molecule has 1 aliphatic heterocycles. The van der Waals surface area contributed by atoms with E-state index < -0.39 is 10.0 Å². The third-order valence-corrected chi connectivity index (χ3v) is 5.92. The summed E-state index contributed by atoms with van der Waals surface area (Å²) in [5.41, 5.74) is 0.388. The molecule has 0 atom stereocenters. The predicted molar refractivity (Wildman–Crippen MR) is 77.8 cm³/mol. The molecule has 2 N–H and O–H groups in total. The fourth-order valence-corrected chi connectivity index (χ4v) is 4.64. The number of nitrogens with zero attached hydrogens (tertiary/aromatic N) is 2. The van der Waals surface area contributed by atoms with Gasteiger partial charge < -0.3 is 5.32 Å². The number of sulfonamides is 1. The number of hydrogen-bond acceptors (Lipinski definition) is 4. The molecule has 0 aliphatic carbocycles. The Morgan fingerprint density at radius 3 is 2.85 bits per heavy atom. The van der Waals surface area contributed by atoms with Crippen LogP contribution in [0.3, 0.4) is 0 Å². The topological polar surface area (TPSA) is 78.1 Å². The van der Waals surface area contributed by atoms with Crippen molar-refractivity contribution in [2.24, 2.45) is 0 Å². The summed E-state index contributed by atoms with van der Waals surface area (Å²) in [4.78, 5) is 0. The van der Waals surface area contributed by atoms with Crippen molar-refractivity contribution in [1.82, 2.24) is 19.8 Å². The minimum absolute atomic E-state index is 0.232. The van der Waals surface area contributed by atoms with Gasteiger partial charge >= 0.3 is 0 Å². The van der Waals surface area contributed by atoms with Crippen LogP contribution in [0.5, 0.6) is 0 Å². The molecule has 0 bridgehead atoms. The third-order valence-electron chi connectivity index (χ3n) is 3.79. The Kier molecular flexibility index (Phi) is 4.51. The van der Waals surface area contributed by atoms with E-state index in [1.807, 2.05) is 13.8 Å². The Morgan fingerprint density at radius 2 is 2.25 bits per heavy atom. The zero-order valence-electron chi connectivity index (χ0n) is 12.4. The van der Waals surface area contributed by atoms with Crippen LogP contribution in [0.2, 0.25) is 0 Å². The lowest BCUT2D eigenvalue weighted by molar-refractivity contribution is 0.290. The van der Waals surface area contributed by atoms with Gasteiger partial charge in [-0.15, -0.1) is 0 Å². The predicted octanol–water partition coefficient (Wildman–Crippen LogP) is 1.47. The molecule has 1 aromatic heterocycles. The molecule has 6 nitrogen and oxygen atoms in total. The lowest BCUT2D eigenvalue weighted by Gasteiger charge is -2.30. The minimum atomic E-state index is -3.50. The highest BCUT2D eigenvalue weighted by molar-refractivity contribution is 7.89. The van der Waals surface area contributed by atoms with Crippen molar-refractivity contribution in [3.63, 3.8) is 0 Å². The second-order valence-electron chi connectivity index (χ2n) is 5.89. The molecule has 0 aromatic carbocycles. The summed E-state index contributed by atoms with van der Waals surface area (Å²) in [5, 5.41) is 10.0. The van der Waals surface area contributed by atoms with E-state index in [1.165, 1.54) is 0 Å². The third kappa shape index (κ3) is 2.89. The van der Waals surface area contributed by atoms with Crippen LogP contribution >= 0.6 is 0 Å². The van der Waals surface area contributed by atoms with Crippen LogP contribution in [0, 0.1) is 0 Å². The van der Waals surface area contributed by atoms with Crippen molar-refractivity contribution in [3.05, 3.63) is 11.8 Å². The first-order valence-electron chi connectivity index (χ1n) is 7.15. The van der Waals surface area contributed by atoms with Crippen LogP contribution in [0.25, 0.3) is 0 Å². The van der Waals surface area contributed by atoms with Crippen molar-refractivity contribution in [2.45, 2.75) is 57.1 Å². The monoisotopic (exact) mass is 300 g/mol. The Bertz CT molecular complexity index is 550. The van der Waals surface area contributed by atoms with Gasteiger partial charge in [-0.3, -0.25) is 5.10 Å². The Hall–Kier alpha value is -0.920. The van der Waals surface area contributed by atoms with Gasteiger partial charge in [-0.25, -0.2) is 8.42 Å². The summed E-state index contributed by atoms with van der Waals surface area (Å²) in [6, 6.07) is 0. The first kappa shape index (κ1) is 15.5. The highest BCUT2D eigenvalue weighted by Gasteiger charge is 2.42. The van der Waals surface area contributed by atoms with E-state index in [0.29, 0.717) is 18.7 Å². The van der Waals surface area contributed by atoms with Gasteiger partial charge in [0.25, 0.3) is 10.0 Å². The van der Waals surface area contributed by atoms with Crippen LogP contribution < -0.4 is 5.32 Å². The second-order valence-corrected chi connectivity index (χ2v) is 7.69. The maximum absolute atomic E-state index is 12.8. The molecule has 0 saturated carbocycles. The van der Waals surface area contributed by atoms with Crippen molar-refractivity contribution in [2.75, 3.05) is 13.1 Å². The minimum Gasteiger partial charge on any atom is -0.313 e. The summed E-state index contributed by atoms with van der Waals surface area (Å²) in [7, 11) is -3.50. The molecule has 1 aromatic rings. The lowest BCUT2D eigenvalue weighted by Crippen LogP contribution is -2.43. The molecule has 1 saturated heterocycles. The number of rotatable bonds is 6. The average Bonchev–Trinajstić information content (AvgIpc) is 2.96. The Morgan fingerprint density at radius 1 is 1.50 bits per heavy atom. The van der Waals surface area contributed by atoms with E-state index >= 15 is 0 Å². The highest BCUT2D eigenvalue weighted by Crippen LogP contribution is 2.34. The van der Waals surface area contributed by atoms with Crippen LogP contribution in [0.1, 0.15) is 45.6 Å². The van der Waals surface area contributed by atoms with Crippen LogP contribution in [-0.4, -0.2) is 41.5 Å². The van der Waals surface area contributed by atoms with Gasteiger partial charge in [-0.1, -0.05) is 6.92 Å². The molecule has 0 amide bonds. The number of aromatic nitrogens is 2. The maximum Gasteiger partial charge on any atom is 0.260 e. The summed E-state index contributed by atoms with van der Waals surface area (Å²) in [6.45, 7) is 7.99. The molecule has 0 spiro atoms. The maximum atomic E-state index is 12.8. The first-order chi connectivity index (χ1) is 9.39. The largest absolute Gasteiger partial charge is 0.313 e. The molecular formula is C13H24N4O2S. The Labute approximate surface area is 121 Å². The standard InChI is InChI=1S/C13H24N4O2S/c1-4-7-14-9-11-10-15-16-12(11)20(18,19)17-8-5-6-13(17,2)3/h10,14H,4-9H2,1-3H3,(H,15,16). The van der Waals surface area contributed by atoms with Gasteiger partial charge in [-0.05, 0) is 39.7 Å². The molecule has 2 rings (SSSR count). The molecule has 0 unspecified atom stereocenters. The number of H-pyrrole nitrogens is 1. The van der Waals surface area contributed by atoms with Gasteiger partial charge in [0, 0.05) is 24.2 Å². The van der Waals surface area contributed by atoms with E-state index in [1.54, 1.807) is 10.5 Å². The van der Waals surface area contributed by atoms with Crippen molar-refractivity contribution >= 4 is 10.0 Å². The average molecular weight is 300 g/mol. The van der Waals surface area contributed by atoms with Crippen molar-refractivity contribution in [3.8, 4) is 0 Å². The molecule has 2 heterocycles. The Balaban J connectivity index is 2.24. The van der Waals surface area contributed by atoms with Crippen molar-refractivity contribution in [1.29, 1.82) is 0 Å². The summed E-state index contributed by atoms with van der Waals surface area (Å²) < 4.78 is 27.2. The molecule has 7 heteroatoms. The summed E-state index contributed by atoms with van der Waals surface area (Å²) in [5.74, 6) is 0. The van der Waals surface area contributed by atoms with Crippen molar-refractivity contribution < 1.29 is 8.42 Å². The zero-order chi connectivity index (χ0) is 14.8. The SMILES string of the molecule is CCCNCc1cn[nH]c1S(=O)(=O)N1CCCC1(C)C. The normalized spacial score (nSPS) is 19.6.